The third-order valence-electron chi connectivity index (χ3n) is 1.08. The van der Waals surface area contributed by atoms with Crippen LogP contribution < -0.4 is 4.74 Å². The Morgan fingerprint density at radius 2 is 2.42 bits per heavy atom. The fourth-order valence-electron chi connectivity index (χ4n) is 0.647. The van der Waals surface area contributed by atoms with Gasteiger partial charge in [-0.05, 0) is 35.6 Å². The number of carbonyl (C=O) groups excluding carboxylic acids is 1. The molecule has 0 atom stereocenters. The van der Waals surface area contributed by atoms with Gasteiger partial charge >= 0.3 is 6.16 Å². The average Bonchev–Trinajstić information content (AvgIpc) is 2.36. The van der Waals surface area contributed by atoms with Crippen LogP contribution >= 0.6 is 22.6 Å². The topological polar surface area (TPSA) is 51.3 Å². The fourth-order valence-corrected chi connectivity index (χ4v) is 1.09. The summed E-state index contributed by atoms with van der Waals surface area (Å²) in [7, 11) is 0. The molecule has 0 aromatic carbocycles. The molecule has 0 saturated carbocycles. The van der Waals surface area contributed by atoms with Crippen molar-refractivity contribution in [3.63, 3.8) is 0 Å². The van der Waals surface area contributed by atoms with E-state index in [4.69, 9.17) is 4.74 Å². The molecule has 1 aromatic rings. The van der Waals surface area contributed by atoms with Crippen molar-refractivity contribution in [3.05, 3.63) is 15.8 Å². The number of halogens is 1. The van der Waals surface area contributed by atoms with E-state index in [9.17, 15) is 4.79 Å². The molecule has 0 bridgehead atoms. The molecule has 0 radical (unpaired) electrons. The van der Waals surface area contributed by atoms with Crippen LogP contribution in [-0.4, -0.2) is 17.7 Å². The van der Waals surface area contributed by atoms with Gasteiger partial charge in [0.05, 0.1) is 10.3 Å². The Morgan fingerprint density at radius 1 is 1.67 bits per heavy atom. The van der Waals surface area contributed by atoms with E-state index in [-0.39, 0.29) is 0 Å². The van der Waals surface area contributed by atoms with Gasteiger partial charge in [0.1, 0.15) is 0 Å². The van der Waals surface area contributed by atoms with Crippen molar-refractivity contribution >= 4 is 28.7 Å². The van der Waals surface area contributed by atoms with E-state index in [1.807, 2.05) is 0 Å². The molecule has 12 heavy (non-hydrogen) atoms. The second-order valence-electron chi connectivity index (χ2n) is 1.96. The lowest BCUT2D eigenvalue weighted by atomic mass is 10.6. The second kappa shape index (κ2) is 4.34. The van der Waals surface area contributed by atoms with Gasteiger partial charge in [0, 0.05) is 6.07 Å². The van der Waals surface area contributed by atoms with Crippen molar-refractivity contribution in [1.82, 2.24) is 4.98 Å². The van der Waals surface area contributed by atoms with Crippen LogP contribution in [0.4, 0.5) is 4.79 Å². The van der Waals surface area contributed by atoms with Crippen molar-refractivity contribution in [2.75, 3.05) is 6.61 Å². The molecule has 0 aliphatic carbocycles. The van der Waals surface area contributed by atoms with E-state index >= 15 is 0 Å². The Morgan fingerprint density at radius 3 is 2.92 bits per heavy atom. The number of hydrogen-bond acceptors (Lipinski definition) is 3. The molecule has 1 aromatic heterocycles. The molecule has 0 fully saturated rings. The number of rotatable bonds is 2. The lowest BCUT2D eigenvalue weighted by Crippen LogP contribution is -2.10. The van der Waals surface area contributed by atoms with Crippen LogP contribution in [0.5, 0.6) is 5.88 Å². The molecule has 4 nitrogen and oxygen atoms in total. The highest BCUT2D eigenvalue weighted by Gasteiger charge is 2.05. The van der Waals surface area contributed by atoms with Crippen molar-refractivity contribution in [2.45, 2.75) is 6.92 Å². The molecule has 0 spiro atoms. The van der Waals surface area contributed by atoms with Crippen LogP contribution in [-0.2, 0) is 4.74 Å². The lowest BCUT2D eigenvalue weighted by Gasteiger charge is -1.99. The normalized spacial score (nSPS) is 9.50. The first-order valence-corrected chi connectivity index (χ1v) is 4.49. The van der Waals surface area contributed by atoms with Gasteiger partial charge < -0.3 is 14.5 Å². The summed E-state index contributed by atoms with van der Waals surface area (Å²) in [6.07, 6.45) is -0.684. The maximum atomic E-state index is 10.8. The van der Waals surface area contributed by atoms with Gasteiger partial charge in [-0.3, -0.25) is 0 Å². The largest absolute Gasteiger partial charge is 0.515 e. The van der Waals surface area contributed by atoms with Gasteiger partial charge in [0.15, 0.2) is 0 Å². The SMILES string of the molecule is CCOC(=O)Oc1ccc(I)[nH]1. The van der Waals surface area contributed by atoms with Crippen molar-refractivity contribution in [2.24, 2.45) is 0 Å². The molecule has 1 heterocycles. The number of hydrogen-bond donors (Lipinski definition) is 1. The Hall–Kier alpha value is -0.720. The second-order valence-corrected chi connectivity index (χ2v) is 3.12. The zero-order valence-corrected chi connectivity index (χ0v) is 8.62. The maximum absolute atomic E-state index is 10.8. The number of carbonyl (C=O) groups is 1. The molecule has 0 unspecified atom stereocenters. The minimum atomic E-state index is -0.684. The minimum absolute atomic E-state index is 0.316. The van der Waals surface area contributed by atoms with Crippen LogP contribution in [0.25, 0.3) is 0 Å². The quantitative estimate of drug-likeness (QED) is 0.667. The standard InChI is InChI=1S/C7H8INO3/c1-2-11-7(10)12-6-4-3-5(8)9-6/h3-4,9H,2H2,1H3. The smallest absolute Gasteiger partial charge is 0.434 e. The number of nitrogens with one attached hydrogen (secondary N) is 1. The third kappa shape index (κ3) is 2.72. The van der Waals surface area contributed by atoms with E-state index in [0.29, 0.717) is 12.5 Å². The van der Waals surface area contributed by atoms with Crippen molar-refractivity contribution < 1.29 is 14.3 Å². The van der Waals surface area contributed by atoms with Gasteiger partial charge in [-0.25, -0.2) is 4.79 Å². The minimum Gasteiger partial charge on any atom is -0.434 e. The van der Waals surface area contributed by atoms with Crippen LogP contribution in [0.2, 0.25) is 0 Å². The summed E-state index contributed by atoms with van der Waals surface area (Å²) in [4.78, 5) is 13.6. The zero-order valence-electron chi connectivity index (χ0n) is 6.46. The summed E-state index contributed by atoms with van der Waals surface area (Å²) in [6.45, 7) is 2.04. The van der Waals surface area contributed by atoms with E-state index < -0.39 is 6.16 Å². The molecule has 0 saturated heterocycles. The van der Waals surface area contributed by atoms with Crippen molar-refractivity contribution in [3.8, 4) is 5.88 Å². The van der Waals surface area contributed by atoms with Crippen LogP contribution in [0.1, 0.15) is 6.92 Å². The molecule has 66 valence electrons. The van der Waals surface area contributed by atoms with Gasteiger partial charge in [-0.1, -0.05) is 0 Å². The lowest BCUT2D eigenvalue weighted by molar-refractivity contribution is 0.103. The van der Waals surface area contributed by atoms with E-state index in [1.165, 1.54) is 0 Å². The highest BCUT2D eigenvalue weighted by atomic mass is 127. The van der Waals surface area contributed by atoms with E-state index in [2.05, 4.69) is 32.3 Å². The molecule has 5 heteroatoms. The number of H-pyrrole nitrogens is 1. The summed E-state index contributed by atoms with van der Waals surface area (Å²) in [6, 6.07) is 3.47. The summed E-state index contributed by atoms with van der Waals surface area (Å²) < 4.78 is 10.2. The third-order valence-corrected chi connectivity index (χ3v) is 1.71. The summed E-state index contributed by atoms with van der Waals surface area (Å²) in [5.74, 6) is 0.401. The monoisotopic (exact) mass is 281 g/mol. The Bertz CT molecular complexity index is 271. The molecule has 1 N–H and O–H groups in total. The Kier molecular flexibility index (Phi) is 3.39. The number of aromatic nitrogens is 1. The Balaban J connectivity index is 2.46. The first kappa shape index (κ1) is 9.37. The van der Waals surface area contributed by atoms with Crippen LogP contribution in [0, 0.1) is 3.70 Å². The highest BCUT2D eigenvalue weighted by Crippen LogP contribution is 2.11. The first-order chi connectivity index (χ1) is 5.72. The maximum Gasteiger partial charge on any atom is 0.515 e. The predicted molar refractivity (Wildman–Crippen MR) is 51.2 cm³/mol. The number of ether oxygens (including phenoxy) is 2. The van der Waals surface area contributed by atoms with Crippen molar-refractivity contribution in [1.29, 1.82) is 0 Å². The Labute approximate surface area is 83.4 Å². The molecule has 1 rings (SSSR count). The molecular weight excluding hydrogens is 273 g/mol. The zero-order chi connectivity index (χ0) is 8.97. The first-order valence-electron chi connectivity index (χ1n) is 3.41. The number of aromatic amines is 1. The highest BCUT2D eigenvalue weighted by molar-refractivity contribution is 14.1. The molecule has 0 amide bonds. The van der Waals surface area contributed by atoms with Gasteiger partial charge in [0.2, 0.25) is 5.88 Å². The summed E-state index contributed by atoms with van der Waals surface area (Å²) in [5.41, 5.74) is 0. The molecular formula is C7H8INO3. The van der Waals surface area contributed by atoms with Crippen LogP contribution in [0.15, 0.2) is 12.1 Å². The van der Waals surface area contributed by atoms with E-state index in [1.54, 1.807) is 19.1 Å². The summed E-state index contributed by atoms with van der Waals surface area (Å²) in [5, 5.41) is 0. The van der Waals surface area contributed by atoms with E-state index in [0.717, 1.165) is 3.70 Å². The average molecular weight is 281 g/mol. The van der Waals surface area contributed by atoms with Gasteiger partial charge in [0.25, 0.3) is 0 Å². The van der Waals surface area contributed by atoms with Crippen LogP contribution in [0.3, 0.4) is 0 Å². The fraction of sp³-hybridized carbons (Fsp3) is 0.286. The molecule has 0 aliphatic rings. The van der Waals surface area contributed by atoms with Gasteiger partial charge in [-0.2, -0.15) is 0 Å². The van der Waals surface area contributed by atoms with Gasteiger partial charge in [-0.15, -0.1) is 0 Å². The predicted octanol–water partition coefficient (Wildman–Crippen LogP) is 2.15. The molecule has 0 aliphatic heterocycles. The summed E-state index contributed by atoms with van der Waals surface area (Å²) >= 11 is 2.08.